The predicted molar refractivity (Wildman–Crippen MR) is 78.5 cm³/mol. The van der Waals surface area contributed by atoms with E-state index in [0.29, 0.717) is 23.0 Å². The Balaban J connectivity index is 2.10. The number of amides is 1. The Morgan fingerprint density at radius 2 is 2.26 bits per heavy atom. The number of rotatable bonds is 3. The molecule has 19 heavy (non-hydrogen) atoms. The van der Waals surface area contributed by atoms with Crippen LogP contribution in [0.1, 0.15) is 35.2 Å². The van der Waals surface area contributed by atoms with Crippen molar-refractivity contribution in [3.63, 3.8) is 0 Å². The third-order valence-corrected chi connectivity index (χ3v) is 3.89. The molecule has 3 nitrogen and oxygen atoms in total. The fourth-order valence-corrected chi connectivity index (χ4v) is 3.05. The molecule has 1 aliphatic rings. The lowest BCUT2D eigenvalue weighted by Crippen LogP contribution is -2.40. The van der Waals surface area contributed by atoms with Gasteiger partial charge in [0.15, 0.2) is 0 Å². The van der Waals surface area contributed by atoms with Gasteiger partial charge in [0.05, 0.1) is 0 Å². The van der Waals surface area contributed by atoms with Crippen molar-refractivity contribution in [2.24, 2.45) is 11.7 Å². The van der Waals surface area contributed by atoms with Crippen LogP contribution < -0.4 is 5.73 Å². The molecule has 1 saturated heterocycles. The summed E-state index contributed by atoms with van der Waals surface area (Å²) in [6, 6.07) is 5.52. The highest BCUT2D eigenvalue weighted by Gasteiger charge is 2.24. The molecule has 1 fully saturated rings. The minimum Gasteiger partial charge on any atom is -0.338 e. The molecule has 0 aliphatic carbocycles. The van der Waals surface area contributed by atoms with Crippen molar-refractivity contribution in [3.05, 3.63) is 34.3 Å². The zero-order chi connectivity index (χ0) is 13.8. The van der Waals surface area contributed by atoms with E-state index in [1.54, 1.807) is 6.07 Å². The summed E-state index contributed by atoms with van der Waals surface area (Å²) in [5.74, 6) is 0.635. The summed E-state index contributed by atoms with van der Waals surface area (Å²) in [4.78, 5) is 14.4. The summed E-state index contributed by atoms with van der Waals surface area (Å²) in [6.45, 7) is 4.31. The number of benzene rings is 1. The summed E-state index contributed by atoms with van der Waals surface area (Å²) < 4.78 is 0. The van der Waals surface area contributed by atoms with Crippen LogP contribution in [-0.4, -0.2) is 30.4 Å². The van der Waals surface area contributed by atoms with Crippen LogP contribution >= 0.6 is 11.6 Å². The monoisotopic (exact) mass is 280 g/mol. The van der Waals surface area contributed by atoms with Crippen LogP contribution in [0.5, 0.6) is 0 Å². The van der Waals surface area contributed by atoms with Crippen LogP contribution in [0, 0.1) is 12.8 Å². The second kappa shape index (κ2) is 6.40. The van der Waals surface area contributed by atoms with Gasteiger partial charge in [-0.05, 0) is 62.4 Å². The molecular formula is C15H21ClN2O. The Bertz CT molecular complexity index is 439. The first-order chi connectivity index (χ1) is 9.10. The Morgan fingerprint density at radius 3 is 2.95 bits per heavy atom. The molecular weight excluding hydrogens is 260 g/mol. The normalized spacial score (nSPS) is 19.5. The van der Waals surface area contributed by atoms with E-state index in [0.717, 1.165) is 31.5 Å². The van der Waals surface area contributed by atoms with Crippen molar-refractivity contribution >= 4 is 17.5 Å². The van der Waals surface area contributed by atoms with Crippen LogP contribution in [0.2, 0.25) is 5.02 Å². The minimum absolute atomic E-state index is 0.0901. The molecule has 1 atom stereocenters. The van der Waals surface area contributed by atoms with Crippen LogP contribution in [0.3, 0.4) is 0 Å². The molecule has 0 saturated carbocycles. The molecule has 1 amide bonds. The quantitative estimate of drug-likeness (QED) is 0.925. The number of aryl methyl sites for hydroxylation is 1. The van der Waals surface area contributed by atoms with Gasteiger partial charge >= 0.3 is 0 Å². The zero-order valence-corrected chi connectivity index (χ0v) is 12.1. The van der Waals surface area contributed by atoms with E-state index in [4.69, 9.17) is 17.3 Å². The van der Waals surface area contributed by atoms with Crippen LogP contribution in [0.15, 0.2) is 18.2 Å². The van der Waals surface area contributed by atoms with Crippen molar-refractivity contribution in [3.8, 4) is 0 Å². The first-order valence-corrected chi connectivity index (χ1v) is 7.24. The predicted octanol–water partition coefficient (Wildman–Crippen LogP) is 2.85. The fraction of sp³-hybridized carbons (Fsp3) is 0.533. The van der Waals surface area contributed by atoms with E-state index in [1.165, 1.54) is 6.42 Å². The zero-order valence-electron chi connectivity index (χ0n) is 11.4. The Hall–Kier alpha value is -1.06. The molecule has 1 aliphatic heterocycles. The summed E-state index contributed by atoms with van der Waals surface area (Å²) in [7, 11) is 0. The maximum Gasteiger partial charge on any atom is 0.253 e. The molecule has 104 valence electrons. The third kappa shape index (κ3) is 3.71. The number of nitrogens with zero attached hydrogens (tertiary/aromatic N) is 1. The average Bonchev–Trinajstić information content (AvgIpc) is 2.37. The van der Waals surface area contributed by atoms with Gasteiger partial charge in [0.25, 0.3) is 5.91 Å². The lowest BCUT2D eigenvalue weighted by Gasteiger charge is -2.32. The van der Waals surface area contributed by atoms with Crippen molar-refractivity contribution in [2.75, 3.05) is 19.6 Å². The SMILES string of the molecule is Cc1cc(Cl)cc(C(=O)N2CCCC(CCN)C2)c1. The summed E-state index contributed by atoms with van der Waals surface area (Å²) in [5, 5.41) is 0.624. The molecule has 2 rings (SSSR count). The molecule has 1 aromatic rings. The number of hydrogen-bond donors (Lipinski definition) is 1. The topological polar surface area (TPSA) is 46.3 Å². The fourth-order valence-electron chi connectivity index (χ4n) is 2.76. The first-order valence-electron chi connectivity index (χ1n) is 6.86. The summed E-state index contributed by atoms with van der Waals surface area (Å²) in [5.41, 5.74) is 7.32. The van der Waals surface area contributed by atoms with Gasteiger partial charge in [-0.3, -0.25) is 4.79 Å². The summed E-state index contributed by atoms with van der Waals surface area (Å²) >= 11 is 6.02. The van der Waals surface area contributed by atoms with Crippen molar-refractivity contribution in [1.29, 1.82) is 0 Å². The minimum atomic E-state index is 0.0901. The largest absolute Gasteiger partial charge is 0.338 e. The van der Waals surface area contributed by atoms with Gasteiger partial charge < -0.3 is 10.6 Å². The Kier molecular flexibility index (Phi) is 4.83. The number of halogens is 1. The molecule has 1 aromatic carbocycles. The Labute approximate surface area is 119 Å². The smallest absolute Gasteiger partial charge is 0.253 e. The van der Waals surface area contributed by atoms with Crippen molar-refractivity contribution < 1.29 is 4.79 Å². The van der Waals surface area contributed by atoms with Gasteiger partial charge in [-0.25, -0.2) is 0 Å². The number of hydrogen-bond acceptors (Lipinski definition) is 2. The van der Waals surface area contributed by atoms with E-state index in [2.05, 4.69) is 0 Å². The number of carbonyl (C=O) groups is 1. The maximum absolute atomic E-state index is 12.5. The van der Waals surface area contributed by atoms with Gasteiger partial charge in [0, 0.05) is 23.7 Å². The van der Waals surface area contributed by atoms with Crippen LogP contribution in [0.4, 0.5) is 0 Å². The highest BCUT2D eigenvalue weighted by atomic mass is 35.5. The molecule has 0 aromatic heterocycles. The van der Waals surface area contributed by atoms with Crippen molar-refractivity contribution in [1.82, 2.24) is 4.90 Å². The van der Waals surface area contributed by atoms with Crippen LogP contribution in [0.25, 0.3) is 0 Å². The van der Waals surface area contributed by atoms with Gasteiger partial charge in [0.1, 0.15) is 0 Å². The second-order valence-corrected chi connectivity index (χ2v) is 5.79. The molecule has 1 heterocycles. The van der Waals surface area contributed by atoms with E-state index in [9.17, 15) is 4.79 Å². The van der Waals surface area contributed by atoms with E-state index in [-0.39, 0.29) is 5.91 Å². The average molecular weight is 281 g/mol. The molecule has 2 N–H and O–H groups in total. The van der Waals surface area contributed by atoms with E-state index < -0.39 is 0 Å². The maximum atomic E-state index is 12.5. The summed E-state index contributed by atoms with van der Waals surface area (Å²) in [6.07, 6.45) is 3.24. The second-order valence-electron chi connectivity index (χ2n) is 5.35. The van der Waals surface area contributed by atoms with Crippen molar-refractivity contribution in [2.45, 2.75) is 26.2 Å². The van der Waals surface area contributed by atoms with Gasteiger partial charge in [-0.2, -0.15) is 0 Å². The number of nitrogens with two attached hydrogens (primary N) is 1. The molecule has 0 bridgehead atoms. The number of likely N-dealkylation sites (tertiary alicyclic amines) is 1. The number of piperidine rings is 1. The van der Waals surface area contributed by atoms with E-state index >= 15 is 0 Å². The number of carbonyl (C=O) groups excluding carboxylic acids is 1. The molecule has 0 spiro atoms. The van der Waals surface area contributed by atoms with Gasteiger partial charge in [-0.15, -0.1) is 0 Å². The first kappa shape index (κ1) is 14.4. The third-order valence-electron chi connectivity index (χ3n) is 3.67. The molecule has 4 heteroatoms. The van der Waals surface area contributed by atoms with Crippen LogP contribution in [-0.2, 0) is 0 Å². The molecule has 0 radical (unpaired) electrons. The lowest BCUT2D eigenvalue weighted by atomic mass is 9.94. The Morgan fingerprint density at radius 1 is 1.47 bits per heavy atom. The highest BCUT2D eigenvalue weighted by Crippen LogP contribution is 2.22. The molecule has 1 unspecified atom stereocenters. The highest BCUT2D eigenvalue weighted by molar-refractivity contribution is 6.31. The standard InChI is InChI=1S/C15H21ClN2O/c1-11-7-13(9-14(16)8-11)15(19)18-6-2-3-12(10-18)4-5-17/h7-9,12H,2-6,10,17H2,1H3. The van der Waals surface area contributed by atoms with E-state index in [1.807, 2.05) is 24.0 Å². The van der Waals surface area contributed by atoms with Gasteiger partial charge in [0.2, 0.25) is 0 Å². The van der Waals surface area contributed by atoms with Gasteiger partial charge in [-0.1, -0.05) is 11.6 Å². The lowest BCUT2D eigenvalue weighted by molar-refractivity contribution is 0.0669.